The van der Waals surface area contributed by atoms with Gasteiger partial charge in [0.2, 0.25) is 0 Å². The Labute approximate surface area is 114 Å². The van der Waals surface area contributed by atoms with E-state index in [4.69, 9.17) is 5.84 Å². The van der Waals surface area contributed by atoms with Gasteiger partial charge in [-0.3, -0.25) is 0 Å². The van der Waals surface area contributed by atoms with E-state index in [1.165, 1.54) is 0 Å². The Balaban J connectivity index is 3.97. The van der Waals surface area contributed by atoms with Crippen molar-refractivity contribution >= 4 is 0 Å². The number of hydrazine groups is 1. The quantitative estimate of drug-likeness (QED) is 0.308. The Kier molecular flexibility index (Phi) is 8.56. The van der Waals surface area contributed by atoms with E-state index in [9.17, 15) is 13.2 Å². The van der Waals surface area contributed by atoms with Crippen molar-refractivity contribution < 1.29 is 13.2 Å². The van der Waals surface area contributed by atoms with Gasteiger partial charge in [-0.1, -0.05) is 32.4 Å². The van der Waals surface area contributed by atoms with Crippen LogP contribution in [0, 0.1) is 5.92 Å². The van der Waals surface area contributed by atoms with E-state index in [0.29, 0.717) is 25.3 Å². The summed E-state index contributed by atoms with van der Waals surface area (Å²) in [6, 6.07) is 0. The van der Waals surface area contributed by atoms with Gasteiger partial charge in [-0.2, -0.15) is 13.2 Å². The SMILES string of the molecule is C/C=C\C(=C/N(N)CCCCCC(F)(F)F)C(C)C. The first-order valence-corrected chi connectivity index (χ1v) is 6.68. The van der Waals surface area contributed by atoms with Gasteiger partial charge >= 0.3 is 6.18 Å². The molecular weight excluding hydrogens is 253 g/mol. The highest BCUT2D eigenvalue weighted by molar-refractivity contribution is 5.19. The van der Waals surface area contributed by atoms with Crippen LogP contribution < -0.4 is 5.84 Å². The van der Waals surface area contributed by atoms with Gasteiger partial charge in [-0.25, -0.2) is 5.84 Å². The summed E-state index contributed by atoms with van der Waals surface area (Å²) in [5.41, 5.74) is 1.11. The van der Waals surface area contributed by atoms with Crippen LogP contribution >= 0.6 is 0 Å². The molecule has 0 aromatic carbocycles. The fraction of sp³-hybridized carbons (Fsp3) is 0.714. The summed E-state index contributed by atoms with van der Waals surface area (Å²) in [6.45, 7) is 6.66. The van der Waals surface area contributed by atoms with Gasteiger partial charge in [0, 0.05) is 19.2 Å². The van der Waals surface area contributed by atoms with Crippen molar-refractivity contribution in [2.24, 2.45) is 11.8 Å². The number of rotatable bonds is 8. The third kappa shape index (κ3) is 10.6. The van der Waals surface area contributed by atoms with E-state index < -0.39 is 12.6 Å². The molecule has 0 aliphatic rings. The van der Waals surface area contributed by atoms with Crippen LogP contribution in [0.1, 0.15) is 46.5 Å². The van der Waals surface area contributed by atoms with Crippen LogP contribution in [0.3, 0.4) is 0 Å². The minimum atomic E-state index is -4.04. The molecule has 2 nitrogen and oxygen atoms in total. The lowest BCUT2D eigenvalue weighted by Crippen LogP contribution is -2.27. The highest BCUT2D eigenvalue weighted by Crippen LogP contribution is 2.22. The normalized spacial score (nSPS) is 13.6. The third-order valence-electron chi connectivity index (χ3n) is 2.72. The smallest absolute Gasteiger partial charge is 0.318 e. The molecule has 0 heterocycles. The van der Waals surface area contributed by atoms with Crippen molar-refractivity contribution in [1.82, 2.24) is 5.01 Å². The highest BCUT2D eigenvalue weighted by Gasteiger charge is 2.25. The van der Waals surface area contributed by atoms with Crippen molar-refractivity contribution in [1.29, 1.82) is 0 Å². The lowest BCUT2D eigenvalue weighted by atomic mass is 10.0. The molecule has 0 fully saturated rings. The molecule has 0 unspecified atom stereocenters. The number of hydrogen-bond acceptors (Lipinski definition) is 2. The Morgan fingerprint density at radius 1 is 1.21 bits per heavy atom. The van der Waals surface area contributed by atoms with Gasteiger partial charge in [-0.05, 0) is 31.3 Å². The van der Waals surface area contributed by atoms with Crippen LogP contribution in [0.15, 0.2) is 23.9 Å². The van der Waals surface area contributed by atoms with Crippen LogP contribution in [0.4, 0.5) is 13.2 Å². The van der Waals surface area contributed by atoms with E-state index in [1.807, 2.05) is 25.3 Å². The zero-order valence-electron chi connectivity index (χ0n) is 12.0. The first-order chi connectivity index (χ1) is 8.76. The van der Waals surface area contributed by atoms with E-state index in [2.05, 4.69) is 13.8 Å². The van der Waals surface area contributed by atoms with Gasteiger partial charge in [0.05, 0.1) is 0 Å². The summed E-state index contributed by atoms with van der Waals surface area (Å²) in [5.74, 6) is 6.18. The lowest BCUT2D eigenvalue weighted by molar-refractivity contribution is -0.135. The maximum Gasteiger partial charge on any atom is 0.389 e. The molecular formula is C14H25F3N2. The Morgan fingerprint density at radius 2 is 1.84 bits per heavy atom. The van der Waals surface area contributed by atoms with Gasteiger partial charge in [0.25, 0.3) is 0 Å². The fourth-order valence-corrected chi connectivity index (χ4v) is 1.63. The molecule has 0 aromatic rings. The summed E-state index contributed by atoms with van der Waals surface area (Å²) in [4.78, 5) is 0. The zero-order chi connectivity index (χ0) is 14.9. The number of allylic oxidation sites excluding steroid dienone is 3. The summed E-state index contributed by atoms with van der Waals surface area (Å²) >= 11 is 0. The molecule has 0 atom stereocenters. The van der Waals surface area contributed by atoms with Crippen LogP contribution in [-0.4, -0.2) is 17.7 Å². The summed E-state index contributed by atoms with van der Waals surface area (Å²) in [6.07, 6.45) is 2.44. The molecule has 0 spiro atoms. The van der Waals surface area contributed by atoms with Crippen molar-refractivity contribution in [3.05, 3.63) is 23.9 Å². The van der Waals surface area contributed by atoms with E-state index in [-0.39, 0.29) is 6.42 Å². The molecule has 2 N–H and O–H groups in total. The topological polar surface area (TPSA) is 29.3 Å². The van der Waals surface area contributed by atoms with E-state index in [1.54, 1.807) is 5.01 Å². The molecule has 0 aliphatic heterocycles. The predicted molar refractivity (Wildman–Crippen MR) is 73.2 cm³/mol. The maximum absolute atomic E-state index is 11.9. The zero-order valence-corrected chi connectivity index (χ0v) is 12.0. The fourth-order valence-electron chi connectivity index (χ4n) is 1.63. The second-order valence-corrected chi connectivity index (χ2v) is 4.95. The van der Waals surface area contributed by atoms with Gasteiger partial charge in [0.15, 0.2) is 0 Å². The molecule has 0 radical (unpaired) electrons. The maximum atomic E-state index is 11.9. The molecule has 5 heteroatoms. The lowest BCUT2D eigenvalue weighted by Gasteiger charge is -2.17. The first kappa shape index (κ1) is 18.0. The summed E-state index contributed by atoms with van der Waals surface area (Å²) in [5, 5.41) is 1.56. The molecule has 19 heavy (non-hydrogen) atoms. The number of nitrogens with two attached hydrogens (primary N) is 1. The van der Waals surface area contributed by atoms with Crippen molar-refractivity contribution in [2.75, 3.05) is 6.54 Å². The van der Waals surface area contributed by atoms with Gasteiger partial charge < -0.3 is 5.01 Å². The molecule has 0 bridgehead atoms. The summed E-state index contributed by atoms with van der Waals surface area (Å²) in [7, 11) is 0. The molecule has 0 amide bonds. The monoisotopic (exact) mass is 278 g/mol. The van der Waals surface area contributed by atoms with Gasteiger partial charge in [-0.15, -0.1) is 0 Å². The minimum absolute atomic E-state index is 0.174. The minimum Gasteiger partial charge on any atom is -0.318 e. The summed E-state index contributed by atoms with van der Waals surface area (Å²) < 4.78 is 35.8. The Morgan fingerprint density at radius 3 is 2.32 bits per heavy atom. The number of nitrogens with zero attached hydrogens (tertiary/aromatic N) is 1. The molecule has 112 valence electrons. The molecule has 0 rings (SSSR count). The first-order valence-electron chi connectivity index (χ1n) is 6.68. The Bertz CT molecular complexity index is 294. The number of hydrogen-bond donors (Lipinski definition) is 1. The van der Waals surface area contributed by atoms with Crippen LogP contribution in [0.2, 0.25) is 0 Å². The molecule has 0 saturated carbocycles. The van der Waals surface area contributed by atoms with Crippen LogP contribution in [0.25, 0.3) is 0 Å². The van der Waals surface area contributed by atoms with Gasteiger partial charge in [0.1, 0.15) is 0 Å². The number of alkyl halides is 3. The van der Waals surface area contributed by atoms with Crippen molar-refractivity contribution in [3.8, 4) is 0 Å². The highest BCUT2D eigenvalue weighted by atomic mass is 19.4. The average molecular weight is 278 g/mol. The third-order valence-corrected chi connectivity index (χ3v) is 2.72. The van der Waals surface area contributed by atoms with Crippen LogP contribution in [-0.2, 0) is 0 Å². The second kappa shape index (κ2) is 9.02. The predicted octanol–water partition coefficient (Wildman–Crippen LogP) is 4.40. The van der Waals surface area contributed by atoms with Crippen molar-refractivity contribution in [2.45, 2.75) is 52.6 Å². The number of halogens is 3. The van der Waals surface area contributed by atoms with Crippen LogP contribution in [0.5, 0.6) is 0 Å². The van der Waals surface area contributed by atoms with E-state index >= 15 is 0 Å². The largest absolute Gasteiger partial charge is 0.389 e. The van der Waals surface area contributed by atoms with E-state index in [0.717, 1.165) is 5.57 Å². The molecule has 0 saturated heterocycles. The molecule has 0 aromatic heterocycles. The average Bonchev–Trinajstić information content (AvgIpc) is 2.26. The second-order valence-electron chi connectivity index (χ2n) is 4.95. The van der Waals surface area contributed by atoms with Crippen molar-refractivity contribution in [3.63, 3.8) is 0 Å². The molecule has 0 aliphatic carbocycles. The standard InChI is InChI=1S/C14H25F3N2/c1-4-8-13(12(2)3)11-19(18)10-7-5-6-9-14(15,16)17/h4,8,11-12H,5-7,9-10,18H2,1-3H3/b8-4-,13-11+. The Hall–Kier alpha value is -0.970. The number of unbranched alkanes of at least 4 members (excludes halogenated alkanes) is 2.